The van der Waals surface area contributed by atoms with Gasteiger partial charge in [0.15, 0.2) is 5.13 Å². The number of nitrogens with zero attached hydrogens (tertiary/aromatic N) is 2. The lowest BCUT2D eigenvalue weighted by Gasteiger charge is -2.10. The second kappa shape index (κ2) is 11.7. The summed E-state index contributed by atoms with van der Waals surface area (Å²) in [4.78, 5) is 23.0. The van der Waals surface area contributed by atoms with Gasteiger partial charge in [-0.2, -0.15) is 0 Å². The molecule has 1 aromatic carbocycles. The molecule has 3 aromatic rings. The fraction of sp³-hybridized carbons (Fsp3) is 0.136. The number of benzene rings is 1. The molecule has 0 unspecified atom stereocenters. The number of anilines is 2. The van der Waals surface area contributed by atoms with E-state index in [2.05, 4.69) is 37.8 Å². The number of pyridine rings is 1. The summed E-state index contributed by atoms with van der Waals surface area (Å²) in [5, 5.41) is 13.2. The fourth-order valence-electron chi connectivity index (χ4n) is 2.29. The first kappa shape index (κ1) is 23.9. The van der Waals surface area contributed by atoms with Crippen LogP contribution in [0, 0.1) is 6.92 Å². The highest BCUT2D eigenvalue weighted by atomic mass is 79.9. The molecule has 0 radical (unpaired) electrons. The predicted molar refractivity (Wildman–Crippen MR) is 130 cm³/mol. The zero-order valence-electron chi connectivity index (χ0n) is 16.8. The third kappa shape index (κ3) is 6.55. The molecule has 2 heterocycles. The van der Waals surface area contributed by atoms with Gasteiger partial charge in [-0.25, -0.2) is 14.8 Å². The molecule has 30 heavy (non-hydrogen) atoms. The number of aryl methyl sites for hydroxylation is 1. The molecule has 0 bridgehead atoms. The monoisotopic (exact) mass is 503 g/mol. The van der Waals surface area contributed by atoms with Gasteiger partial charge in [0.25, 0.3) is 0 Å². The molecule has 156 valence electrons. The molecule has 0 spiro atoms. The van der Waals surface area contributed by atoms with Crippen LogP contribution in [0.25, 0.3) is 6.08 Å². The lowest BCUT2D eigenvalue weighted by molar-refractivity contribution is 0.0696. The van der Waals surface area contributed by atoms with Crippen molar-refractivity contribution in [1.29, 1.82) is 0 Å². The van der Waals surface area contributed by atoms with Crippen LogP contribution >= 0.6 is 39.0 Å². The highest BCUT2D eigenvalue weighted by Crippen LogP contribution is 2.36. The van der Waals surface area contributed by atoms with Crippen molar-refractivity contribution in [3.05, 3.63) is 75.9 Å². The average Bonchev–Trinajstić information content (AvgIpc) is 3.09. The number of aromatic carboxylic acids is 1. The molecule has 0 saturated carbocycles. The van der Waals surface area contributed by atoms with E-state index in [0.717, 1.165) is 30.0 Å². The highest BCUT2D eigenvalue weighted by molar-refractivity contribution is 9.10. The van der Waals surface area contributed by atoms with Gasteiger partial charge in [0.2, 0.25) is 0 Å². The fourth-order valence-corrected chi connectivity index (χ4v) is 4.54. The summed E-state index contributed by atoms with van der Waals surface area (Å²) in [7, 11) is 0. The van der Waals surface area contributed by atoms with Gasteiger partial charge in [-0.3, -0.25) is 0 Å². The third-order valence-corrected chi connectivity index (χ3v) is 5.93. The average molecular weight is 504 g/mol. The van der Waals surface area contributed by atoms with E-state index in [4.69, 9.17) is 0 Å². The molecular weight excluding hydrogens is 482 g/mol. The van der Waals surface area contributed by atoms with Crippen molar-refractivity contribution in [1.82, 2.24) is 9.97 Å². The first-order valence-corrected chi connectivity index (χ1v) is 11.6. The van der Waals surface area contributed by atoms with Crippen LogP contribution in [0.15, 0.2) is 69.5 Å². The lowest BCUT2D eigenvalue weighted by atomic mass is 10.2. The second-order valence-corrected chi connectivity index (χ2v) is 8.85. The third-order valence-electron chi connectivity index (χ3n) is 3.58. The van der Waals surface area contributed by atoms with Crippen molar-refractivity contribution < 1.29 is 9.90 Å². The van der Waals surface area contributed by atoms with E-state index in [1.165, 1.54) is 23.1 Å². The Morgan fingerprint density at radius 1 is 1.33 bits per heavy atom. The number of hydrogen-bond donors (Lipinski definition) is 2. The molecule has 8 heteroatoms. The number of aromatic nitrogens is 2. The minimum Gasteiger partial charge on any atom is -0.478 e. The summed E-state index contributed by atoms with van der Waals surface area (Å²) in [5.41, 5.74) is 1.13. The summed E-state index contributed by atoms with van der Waals surface area (Å²) >= 11 is 6.42. The van der Waals surface area contributed by atoms with E-state index in [0.29, 0.717) is 5.82 Å². The van der Waals surface area contributed by atoms with Crippen LogP contribution in [0.1, 0.15) is 34.8 Å². The molecule has 2 aromatic heterocycles. The molecule has 0 aliphatic carbocycles. The molecule has 0 saturated heterocycles. The Balaban J connectivity index is 0.00000155. The topological polar surface area (TPSA) is 75.1 Å². The van der Waals surface area contributed by atoms with Gasteiger partial charge in [0.05, 0.1) is 16.2 Å². The zero-order valence-corrected chi connectivity index (χ0v) is 20.1. The van der Waals surface area contributed by atoms with Crippen LogP contribution in [0.4, 0.5) is 10.9 Å². The van der Waals surface area contributed by atoms with Gasteiger partial charge in [0, 0.05) is 20.4 Å². The highest BCUT2D eigenvalue weighted by Gasteiger charge is 2.12. The van der Waals surface area contributed by atoms with Crippen LogP contribution in [0.3, 0.4) is 0 Å². The van der Waals surface area contributed by atoms with Gasteiger partial charge in [-0.1, -0.05) is 50.4 Å². The summed E-state index contributed by atoms with van der Waals surface area (Å²) < 4.78 is 0.833. The van der Waals surface area contributed by atoms with Crippen molar-refractivity contribution in [3.8, 4) is 0 Å². The number of hydrogen-bond acceptors (Lipinski definition) is 6. The van der Waals surface area contributed by atoms with Crippen molar-refractivity contribution >= 4 is 62.0 Å². The van der Waals surface area contributed by atoms with E-state index >= 15 is 0 Å². The Morgan fingerprint density at radius 3 is 2.80 bits per heavy atom. The van der Waals surface area contributed by atoms with Crippen LogP contribution in [-0.4, -0.2) is 21.0 Å². The van der Waals surface area contributed by atoms with E-state index in [1.807, 2.05) is 45.1 Å². The lowest BCUT2D eigenvalue weighted by Crippen LogP contribution is -1.97. The summed E-state index contributed by atoms with van der Waals surface area (Å²) in [5.74, 6) is -0.298. The molecule has 0 amide bonds. The Bertz CT molecular complexity index is 1060. The quantitative estimate of drug-likeness (QED) is 0.326. The summed E-state index contributed by atoms with van der Waals surface area (Å²) in [6.45, 7) is 9.68. The number of rotatable bonds is 7. The Labute approximate surface area is 193 Å². The molecule has 0 aliphatic heterocycles. The molecule has 3 rings (SSSR count). The largest absolute Gasteiger partial charge is 0.478 e. The minimum atomic E-state index is -0.952. The first-order chi connectivity index (χ1) is 14.5. The molecule has 5 nitrogen and oxygen atoms in total. The van der Waals surface area contributed by atoms with Crippen molar-refractivity contribution in [2.24, 2.45) is 0 Å². The number of allylic oxidation sites excluding steroid dienone is 2. The van der Waals surface area contributed by atoms with Gasteiger partial charge in [-0.05, 0) is 53.2 Å². The van der Waals surface area contributed by atoms with Crippen LogP contribution < -0.4 is 5.32 Å². The number of carboxylic acids is 1. The van der Waals surface area contributed by atoms with Gasteiger partial charge in [0.1, 0.15) is 5.82 Å². The molecule has 0 atom stereocenters. The van der Waals surface area contributed by atoms with Gasteiger partial charge >= 0.3 is 5.97 Å². The standard InChI is InChI=1S/C20H16BrN3O2S2.C2H6/c1-3-4-8-16-12(2)27-20(23-16)24-18-17(10-14(21)11-22-18)28-15-7-5-6-13(9-15)19(25)26;1-2/h3-11H,1H2,2H3,(H,25,26)(H,22,23,24);1-2H3/b8-4-;. The molecule has 2 N–H and O–H groups in total. The van der Waals surface area contributed by atoms with Crippen LogP contribution in [-0.2, 0) is 0 Å². The maximum atomic E-state index is 11.2. The second-order valence-electron chi connectivity index (χ2n) is 5.62. The molecular formula is C22H22BrN3O2S2. The summed E-state index contributed by atoms with van der Waals surface area (Å²) in [6, 6.07) is 8.75. The maximum absolute atomic E-state index is 11.2. The zero-order chi connectivity index (χ0) is 22.1. The van der Waals surface area contributed by atoms with Crippen molar-refractivity contribution in [2.75, 3.05) is 5.32 Å². The number of carboxylic acid groups (broad SMARTS) is 1. The first-order valence-electron chi connectivity index (χ1n) is 9.16. The van der Waals surface area contributed by atoms with Crippen molar-refractivity contribution in [3.63, 3.8) is 0 Å². The SMILES string of the molecule is C=C/C=C\c1nc(Nc2ncc(Br)cc2Sc2cccc(C(=O)O)c2)sc1C.CC. The van der Waals surface area contributed by atoms with E-state index in [9.17, 15) is 9.90 Å². The van der Waals surface area contributed by atoms with Gasteiger partial charge in [-0.15, -0.1) is 11.3 Å². The predicted octanol–water partition coefficient (Wildman–Crippen LogP) is 7.43. The number of thiazole rings is 1. The van der Waals surface area contributed by atoms with E-state index in [1.54, 1.807) is 30.5 Å². The Hall–Kier alpha value is -2.42. The number of carbonyl (C=O) groups is 1. The smallest absolute Gasteiger partial charge is 0.335 e. The Morgan fingerprint density at radius 2 is 2.10 bits per heavy atom. The maximum Gasteiger partial charge on any atom is 0.335 e. The molecule has 0 aliphatic rings. The molecule has 0 fully saturated rings. The van der Waals surface area contributed by atoms with E-state index < -0.39 is 5.97 Å². The van der Waals surface area contributed by atoms with Crippen LogP contribution in [0.5, 0.6) is 0 Å². The number of halogens is 1. The van der Waals surface area contributed by atoms with E-state index in [-0.39, 0.29) is 5.56 Å². The van der Waals surface area contributed by atoms with Crippen LogP contribution in [0.2, 0.25) is 0 Å². The van der Waals surface area contributed by atoms with Gasteiger partial charge < -0.3 is 10.4 Å². The number of nitrogens with one attached hydrogen (secondary N) is 1. The minimum absolute atomic E-state index is 0.247. The van der Waals surface area contributed by atoms with Crippen molar-refractivity contribution in [2.45, 2.75) is 30.6 Å². The Kier molecular flexibility index (Phi) is 9.29. The summed E-state index contributed by atoms with van der Waals surface area (Å²) in [6.07, 6.45) is 7.17. The normalized spacial score (nSPS) is 10.4.